The number of amides is 3. The molecule has 0 aliphatic carbocycles. The SMILES string of the molecule is O=C(O)N1CCN(C(=O)OCc2ccccc2)C2(CCNC2=O)C1. The van der Waals surface area contributed by atoms with Gasteiger partial charge in [0, 0.05) is 19.6 Å². The third-order valence-electron chi connectivity index (χ3n) is 4.51. The number of carbonyl (C=O) groups is 3. The standard InChI is InChI=1S/C16H19N3O5/c20-13-16(6-7-17-13)11-18(14(21)22)8-9-19(16)15(23)24-10-12-4-2-1-3-5-12/h1-5H,6-11H2,(H,17,20)(H,21,22). The van der Waals surface area contributed by atoms with E-state index in [0.717, 1.165) is 5.56 Å². The van der Waals surface area contributed by atoms with Crippen LogP contribution in [0.5, 0.6) is 0 Å². The first-order valence-corrected chi connectivity index (χ1v) is 7.77. The second kappa shape index (κ2) is 6.38. The van der Waals surface area contributed by atoms with Crippen molar-refractivity contribution in [2.45, 2.75) is 18.6 Å². The Kier molecular flexibility index (Phi) is 4.28. The van der Waals surface area contributed by atoms with Gasteiger partial charge in [-0.2, -0.15) is 0 Å². The second-order valence-electron chi connectivity index (χ2n) is 5.93. The Bertz CT molecular complexity index is 650. The van der Waals surface area contributed by atoms with Crippen LogP contribution in [0, 0.1) is 0 Å². The number of hydrogen-bond acceptors (Lipinski definition) is 4. The molecule has 2 aliphatic rings. The molecule has 2 saturated heterocycles. The van der Waals surface area contributed by atoms with Crippen LogP contribution in [0.4, 0.5) is 9.59 Å². The van der Waals surface area contributed by atoms with Crippen molar-refractivity contribution in [3.8, 4) is 0 Å². The van der Waals surface area contributed by atoms with Gasteiger partial charge in [-0.25, -0.2) is 9.59 Å². The van der Waals surface area contributed by atoms with Crippen molar-refractivity contribution in [3.63, 3.8) is 0 Å². The van der Waals surface area contributed by atoms with Crippen molar-refractivity contribution in [2.75, 3.05) is 26.2 Å². The van der Waals surface area contributed by atoms with Gasteiger partial charge in [0.05, 0.1) is 6.54 Å². The molecule has 1 aromatic rings. The molecule has 0 radical (unpaired) electrons. The van der Waals surface area contributed by atoms with Gasteiger partial charge < -0.3 is 20.1 Å². The minimum atomic E-state index is -1.18. The summed E-state index contributed by atoms with van der Waals surface area (Å²) in [5.74, 6) is -0.329. The molecule has 8 heteroatoms. The van der Waals surface area contributed by atoms with Crippen molar-refractivity contribution < 1.29 is 24.2 Å². The van der Waals surface area contributed by atoms with Gasteiger partial charge >= 0.3 is 12.2 Å². The third-order valence-corrected chi connectivity index (χ3v) is 4.51. The van der Waals surface area contributed by atoms with Crippen LogP contribution >= 0.6 is 0 Å². The zero-order chi connectivity index (χ0) is 17.2. The van der Waals surface area contributed by atoms with Crippen LogP contribution in [0.1, 0.15) is 12.0 Å². The van der Waals surface area contributed by atoms with Gasteiger partial charge in [-0.3, -0.25) is 9.69 Å². The average molecular weight is 333 g/mol. The van der Waals surface area contributed by atoms with E-state index in [0.29, 0.717) is 13.0 Å². The highest BCUT2D eigenvalue weighted by atomic mass is 16.6. The number of carbonyl (C=O) groups excluding carboxylic acids is 2. The minimum absolute atomic E-state index is 0.0331. The van der Waals surface area contributed by atoms with E-state index in [1.165, 1.54) is 9.80 Å². The molecular weight excluding hydrogens is 314 g/mol. The lowest BCUT2D eigenvalue weighted by atomic mass is 9.92. The van der Waals surface area contributed by atoms with Crippen molar-refractivity contribution in [1.82, 2.24) is 15.1 Å². The number of carboxylic acid groups (broad SMARTS) is 1. The summed E-state index contributed by atoms with van der Waals surface area (Å²) in [6, 6.07) is 9.25. The summed E-state index contributed by atoms with van der Waals surface area (Å²) in [4.78, 5) is 38.6. The van der Waals surface area contributed by atoms with Crippen molar-refractivity contribution >= 4 is 18.1 Å². The summed E-state index contributed by atoms with van der Waals surface area (Å²) in [5.41, 5.74) is -0.329. The lowest BCUT2D eigenvalue weighted by Gasteiger charge is -2.45. The van der Waals surface area contributed by atoms with Crippen molar-refractivity contribution in [2.24, 2.45) is 0 Å². The number of benzene rings is 1. The molecule has 24 heavy (non-hydrogen) atoms. The van der Waals surface area contributed by atoms with Crippen LogP contribution in [-0.4, -0.2) is 64.7 Å². The van der Waals surface area contributed by atoms with Crippen molar-refractivity contribution in [3.05, 3.63) is 35.9 Å². The first kappa shape index (κ1) is 16.1. The molecule has 0 bridgehead atoms. The van der Waals surface area contributed by atoms with Gasteiger partial charge in [0.1, 0.15) is 12.1 Å². The van der Waals surface area contributed by atoms with Gasteiger partial charge in [-0.1, -0.05) is 30.3 Å². The molecule has 2 aliphatic heterocycles. The first-order valence-electron chi connectivity index (χ1n) is 7.77. The van der Waals surface area contributed by atoms with E-state index >= 15 is 0 Å². The fourth-order valence-corrected chi connectivity index (χ4v) is 3.21. The zero-order valence-electron chi connectivity index (χ0n) is 13.1. The van der Waals surface area contributed by atoms with Crippen LogP contribution in [0.15, 0.2) is 30.3 Å². The average Bonchev–Trinajstić information content (AvgIpc) is 2.94. The number of hydrogen-bond donors (Lipinski definition) is 2. The fourth-order valence-electron chi connectivity index (χ4n) is 3.21. The van der Waals surface area contributed by atoms with Crippen LogP contribution in [0.2, 0.25) is 0 Å². The molecular formula is C16H19N3O5. The predicted octanol–water partition coefficient (Wildman–Crippen LogP) is 0.877. The topological polar surface area (TPSA) is 99.2 Å². The van der Waals surface area contributed by atoms with E-state index in [2.05, 4.69) is 5.32 Å². The molecule has 128 valence electrons. The summed E-state index contributed by atoms with van der Waals surface area (Å²) in [6.45, 7) is 0.776. The fraction of sp³-hybridized carbons (Fsp3) is 0.438. The molecule has 1 atom stereocenters. The maximum atomic E-state index is 12.5. The van der Waals surface area contributed by atoms with Gasteiger partial charge in [-0.15, -0.1) is 0 Å². The number of nitrogens with one attached hydrogen (secondary N) is 1. The monoisotopic (exact) mass is 333 g/mol. The van der Waals surface area contributed by atoms with E-state index in [-0.39, 0.29) is 32.1 Å². The smallest absolute Gasteiger partial charge is 0.411 e. The Hall–Kier alpha value is -2.77. The number of rotatable bonds is 2. The molecule has 1 aromatic carbocycles. The van der Waals surface area contributed by atoms with Crippen LogP contribution in [0.25, 0.3) is 0 Å². The summed E-state index contributed by atoms with van der Waals surface area (Å²) in [5, 5.41) is 11.9. The highest BCUT2D eigenvalue weighted by Gasteiger charge is 2.54. The van der Waals surface area contributed by atoms with E-state index in [1.54, 1.807) is 0 Å². The normalized spacial score (nSPS) is 23.2. The summed E-state index contributed by atoms with van der Waals surface area (Å²) >= 11 is 0. The summed E-state index contributed by atoms with van der Waals surface area (Å²) in [7, 11) is 0. The first-order chi connectivity index (χ1) is 11.5. The maximum absolute atomic E-state index is 12.5. The van der Waals surface area contributed by atoms with Crippen LogP contribution in [-0.2, 0) is 16.1 Å². The maximum Gasteiger partial charge on any atom is 0.411 e. The molecule has 8 nitrogen and oxygen atoms in total. The molecule has 3 amide bonds. The molecule has 2 heterocycles. The largest absolute Gasteiger partial charge is 0.465 e. The van der Waals surface area contributed by atoms with Crippen LogP contribution < -0.4 is 5.32 Å². The molecule has 0 saturated carbocycles. The van der Waals surface area contributed by atoms with Crippen LogP contribution in [0.3, 0.4) is 0 Å². The molecule has 2 fully saturated rings. The Morgan fingerprint density at radius 3 is 2.62 bits per heavy atom. The quantitative estimate of drug-likeness (QED) is 0.837. The third kappa shape index (κ3) is 2.86. The summed E-state index contributed by atoms with van der Waals surface area (Å²) < 4.78 is 5.34. The predicted molar refractivity (Wildman–Crippen MR) is 83.3 cm³/mol. The Morgan fingerprint density at radius 1 is 1.25 bits per heavy atom. The minimum Gasteiger partial charge on any atom is -0.465 e. The Morgan fingerprint density at radius 2 is 2.00 bits per heavy atom. The summed E-state index contributed by atoms with van der Waals surface area (Å²) in [6.07, 6.45) is -1.32. The van der Waals surface area contributed by atoms with E-state index in [9.17, 15) is 19.5 Å². The molecule has 3 rings (SSSR count). The van der Waals surface area contributed by atoms with Gasteiger partial charge in [0.25, 0.3) is 0 Å². The highest BCUT2D eigenvalue weighted by molar-refractivity contribution is 5.93. The van der Waals surface area contributed by atoms with Gasteiger partial charge in [0.15, 0.2) is 0 Å². The lowest BCUT2D eigenvalue weighted by Crippen LogP contribution is -2.67. The number of ether oxygens (including phenoxy) is 1. The van der Waals surface area contributed by atoms with E-state index in [1.807, 2.05) is 30.3 Å². The molecule has 0 aromatic heterocycles. The number of nitrogens with zero attached hydrogens (tertiary/aromatic N) is 2. The van der Waals surface area contributed by atoms with Crippen molar-refractivity contribution in [1.29, 1.82) is 0 Å². The zero-order valence-corrected chi connectivity index (χ0v) is 13.1. The Labute approximate surface area is 139 Å². The Balaban J connectivity index is 1.74. The van der Waals surface area contributed by atoms with Gasteiger partial charge in [0.2, 0.25) is 5.91 Å². The lowest BCUT2D eigenvalue weighted by molar-refractivity contribution is -0.132. The molecule has 2 N–H and O–H groups in total. The van der Waals surface area contributed by atoms with E-state index in [4.69, 9.17) is 4.74 Å². The second-order valence-corrected chi connectivity index (χ2v) is 5.93. The molecule has 1 spiro atoms. The van der Waals surface area contributed by atoms with E-state index < -0.39 is 17.7 Å². The van der Waals surface area contributed by atoms with Gasteiger partial charge in [-0.05, 0) is 12.0 Å². The molecule has 1 unspecified atom stereocenters. The number of piperazine rings is 1. The highest BCUT2D eigenvalue weighted by Crippen LogP contribution is 2.30.